The molecule has 0 unspecified atom stereocenters. The van der Waals surface area contributed by atoms with Crippen LogP contribution in [0.2, 0.25) is 0 Å². The normalized spacial score (nSPS) is 12.1. The molecule has 33 heavy (non-hydrogen) atoms. The molecular weight excluding hydrogens is 422 g/mol. The Balaban J connectivity index is 1.74. The molecule has 2 heterocycles. The molecule has 1 aliphatic heterocycles. The zero-order valence-electron chi connectivity index (χ0n) is 18.1. The molecule has 0 saturated heterocycles. The average molecular weight is 443 g/mol. The quantitative estimate of drug-likeness (QED) is 0.463. The Hall–Kier alpha value is -4.26. The predicted molar refractivity (Wildman–Crippen MR) is 123 cm³/mol. The Morgan fingerprint density at radius 3 is 2.55 bits per heavy atom. The van der Waals surface area contributed by atoms with E-state index in [0.29, 0.717) is 39.3 Å². The van der Waals surface area contributed by atoms with Crippen LogP contribution >= 0.6 is 0 Å². The molecular formula is C26H21NO6. The van der Waals surface area contributed by atoms with Gasteiger partial charge in [0.25, 0.3) is 0 Å². The van der Waals surface area contributed by atoms with Crippen LogP contribution in [0.1, 0.15) is 21.6 Å². The number of hydrogen-bond acceptors (Lipinski definition) is 6. The summed E-state index contributed by atoms with van der Waals surface area (Å²) in [5.74, 6) is 1.23. The molecule has 0 radical (unpaired) electrons. The second-order valence-electron chi connectivity index (χ2n) is 7.60. The summed E-state index contributed by atoms with van der Waals surface area (Å²) in [6, 6.07) is 18.5. The second kappa shape index (κ2) is 8.35. The number of benzene rings is 3. The molecule has 0 saturated carbocycles. The maximum absolute atomic E-state index is 13.7. The molecule has 1 aliphatic rings. The van der Waals surface area contributed by atoms with Crippen LogP contribution < -0.4 is 19.6 Å². The monoisotopic (exact) mass is 443 g/mol. The van der Waals surface area contributed by atoms with E-state index >= 15 is 0 Å². The van der Waals surface area contributed by atoms with Gasteiger partial charge in [-0.05, 0) is 35.4 Å². The third-order valence-electron chi connectivity index (χ3n) is 5.73. The van der Waals surface area contributed by atoms with E-state index in [1.165, 1.54) is 7.11 Å². The molecule has 7 nitrogen and oxygen atoms in total. The highest BCUT2D eigenvalue weighted by Crippen LogP contribution is 2.36. The van der Waals surface area contributed by atoms with E-state index in [4.69, 9.17) is 18.9 Å². The largest absolute Gasteiger partial charge is 0.496 e. The van der Waals surface area contributed by atoms with Crippen molar-refractivity contribution in [2.45, 2.75) is 6.42 Å². The number of pyridine rings is 1. The van der Waals surface area contributed by atoms with Crippen LogP contribution in [0.5, 0.6) is 17.2 Å². The van der Waals surface area contributed by atoms with Crippen LogP contribution in [0.25, 0.3) is 22.0 Å². The lowest BCUT2D eigenvalue weighted by molar-refractivity contribution is 0.0593. The summed E-state index contributed by atoms with van der Waals surface area (Å²) in [5.41, 5.74) is 3.06. The van der Waals surface area contributed by atoms with Gasteiger partial charge in [-0.25, -0.2) is 4.79 Å². The molecule has 166 valence electrons. The fourth-order valence-electron chi connectivity index (χ4n) is 4.14. The van der Waals surface area contributed by atoms with E-state index in [1.807, 2.05) is 42.5 Å². The number of ether oxygens (including phenoxy) is 4. The van der Waals surface area contributed by atoms with Gasteiger partial charge in [0.2, 0.25) is 6.79 Å². The van der Waals surface area contributed by atoms with Crippen LogP contribution in [0.3, 0.4) is 0 Å². The maximum Gasteiger partial charge on any atom is 0.354 e. The number of carbonyl (C=O) groups excluding carboxylic acids is 1. The number of rotatable bonds is 5. The summed E-state index contributed by atoms with van der Waals surface area (Å²) < 4.78 is 21.4. The Kier molecular flexibility index (Phi) is 5.22. The van der Waals surface area contributed by atoms with Gasteiger partial charge in [0.1, 0.15) is 11.4 Å². The first-order valence-corrected chi connectivity index (χ1v) is 10.4. The van der Waals surface area contributed by atoms with E-state index in [2.05, 4.69) is 4.98 Å². The van der Waals surface area contributed by atoms with E-state index in [0.717, 1.165) is 11.1 Å². The number of H-pyrrole nitrogens is 1. The lowest BCUT2D eigenvalue weighted by atomic mass is 9.96. The number of aromatic amines is 1. The first-order chi connectivity index (χ1) is 16.1. The number of aromatic nitrogens is 1. The Morgan fingerprint density at radius 2 is 1.79 bits per heavy atom. The first kappa shape index (κ1) is 20.6. The van der Waals surface area contributed by atoms with Gasteiger partial charge in [-0.2, -0.15) is 0 Å². The third-order valence-corrected chi connectivity index (χ3v) is 5.73. The first-order valence-electron chi connectivity index (χ1n) is 10.4. The van der Waals surface area contributed by atoms with Crippen molar-refractivity contribution < 1.29 is 23.7 Å². The smallest absolute Gasteiger partial charge is 0.354 e. The van der Waals surface area contributed by atoms with E-state index in [1.54, 1.807) is 25.3 Å². The predicted octanol–water partition coefficient (Wildman–Crippen LogP) is 4.31. The van der Waals surface area contributed by atoms with Crippen molar-refractivity contribution in [2.24, 2.45) is 0 Å². The van der Waals surface area contributed by atoms with Gasteiger partial charge in [0, 0.05) is 22.9 Å². The van der Waals surface area contributed by atoms with Gasteiger partial charge in [-0.1, -0.05) is 36.4 Å². The fraction of sp³-hybridized carbons (Fsp3) is 0.154. The highest BCUT2D eigenvalue weighted by molar-refractivity contribution is 6.00. The molecule has 0 atom stereocenters. The number of esters is 1. The molecule has 0 spiro atoms. The Labute approximate surface area is 189 Å². The van der Waals surface area contributed by atoms with Gasteiger partial charge in [-0.15, -0.1) is 0 Å². The van der Waals surface area contributed by atoms with Crippen LogP contribution in [-0.4, -0.2) is 32.0 Å². The van der Waals surface area contributed by atoms with Crippen molar-refractivity contribution in [3.05, 3.63) is 87.7 Å². The molecule has 4 aromatic rings. The molecule has 0 aliphatic carbocycles. The summed E-state index contributed by atoms with van der Waals surface area (Å²) in [7, 11) is 2.86. The Bertz CT molecular complexity index is 1420. The number of nitrogens with one attached hydrogen (secondary N) is 1. The van der Waals surface area contributed by atoms with Crippen molar-refractivity contribution in [1.29, 1.82) is 0 Å². The molecule has 1 N–H and O–H groups in total. The maximum atomic E-state index is 13.7. The average Bonchev–Trinajstić information content (AvgIpc) is 3.33. The third kappa shape index (κ3) is 3.57. The summed E-state index contributed by atoms with van der Waals surface area (Å²) in [5, 5.41) is 0.457. The van der Waals surface area contributed by atoms with Gasteiger partial charge >= 0.3 is 5.97 Å². The summed E-state index contributed by atoms with van der Waals surface area (Å²) in [6.07, 6.45) is 0.221. The molecule has 0 bridgehead atoms. The molecule has 0 fully saturated rings. The zero-order valence-corrected chi connectivity index (χ0v) is 18.1. The minimum absolute atomic E-state index is 0.109. The van der Waals surface area contributed by atoms with Gasteiger partial charge < -0.3 is 23.9 Å². The van der Waals surface area contributed by atoms with Crippen LogP contribution in [0, 0.1) is 0 Å². The minimum Gasteiger partial charge on any atom is -0.496 e. The van der Waals surface area contributed by atoms with Gasteiger partial charge in [-0.3, -0.25) is 4.79 Å². The number of hydrogen-bond donors (Lipinski definition) is 1. The summed E-state index contributed by atoms with van der Waals surface area (Å²) >= 11 is 0. The van der Waals surface area contributed by atoms with E-state index in [9.17, 15) is 9.59 Å². The SMILES string of the molecule is COC(=O)c1[nH]c2c(-c3ccccc3)c(OC)ccc2c(=O)c1Cc1ccc2c(c1)OCO2. The van der Waals surface area contributed by atoms with Gasteiger partial charge in [0.15, 0.2) is 16.9 Å². The molecule has 1 aromatic heterocycles. The van der Waals surface area contributed by atoms with Crippen molar-refractivity contribution in [3.63, 3.8) is 0 Å². The van der Waals surface area contributed by atoms with Crippen molar-refractivity contribution in [1.82, 2.24) is 4.98 Å². The van der Waals surface area contributed by atoms with Crippen LogP contribution in [-0.2, 0) is 11.2 Å². The highest BCUT2D eigenvalue weighted by Gasteiger charge is 2.23. The number of fused-ring (bicyclic) bond motifs is 2. The molecule has 0 amide bonds. The minimum atomic E-state index is -0.619. The summed E-state index contributed by atoms with van der Waals surface area (Å²) in [4.78, 5) is 29.6. The van der Waals surface area contributed by atoms with E-state index < -0.39 is 5.97 Å². The highest BCUT2D eigenvalue weighted by atomic mass is 16.7. The van der Waals surface area contributed by atoms with Crippen LogP contribution in [0.15, 0.2) is 65.5 Å². The second-order valence-corrected chi connectivity index (χ2v) is 7.60. The molecule has 7 heteroatoms. The lowest BCUT2D eigenvalue weighted by Crippen LogP contribution is -2.20. The van der Waals surface area contributed by atoms with Crippen LogP contribution in [0.4, 0.5) is 0 Å². The summed E-state index contributed by atoms with van der Waals surface area (Å²) in [6.45, 7) is 0.160. The Morgan fingerprint density at radius 1 is 1.00 bits per heavy atom. The molecule has 3 aromatic carbocycles. The number of carbonyl (C=O) groups is 1. The number of methoxy groups -OCH3 is 2. The van der Waals surface area contributed by atoms with Crippen molar-refractivity contribution >= 4 is 16.9 Å². The lowest BCUT2D eigenvalue weighted by Gasteiger charge is -2.15. The van der Waals surface area contributed by atoms with Crippen molar-refractivity contribution in [2.75, 3.05) is 21.0 Å². The van der Waals surface area contributed by atoms with Gasteiger partial charge in [0.05, 0.1) is 19.7 Å². The fourth-order valence-corrected chi connectivity index (χ4v) is 4.14. The van der Waals surface area contributed by atoms with Crippen molar-refractivity contribution in [3.8, 4) is 28.4 Å². The topological polar surface area (TPSA) is 86.9 Å². The zero-order chi connectivity index (χ0) is 22.9. The molecule has 5 rings (SSSR count). The van der Waals surface area contributed by atoms with E-state index in [-0.39, 0.29) is 24.3 Å². The standard InChI is InChI=1S/C26H21NO6/c1-30-20-11-9-17-23(22(20)16-6-4-3-5-7-16)27-24(26(29)31-2)18(25(17)28)12-15-8-10-19-21(13-15)33-14-32-19/h3-11,13H,12,14H2,1-2H3,(H,27,28).